The van der Waals surface area contributed by atoms with E-state index in [9.17, 15) is 9.59 Å². The molecule has 0 aliphatic heterocycles. The van der Waals surface area contributed by atoms with Crippen LogP contribution in [0.25, 0.3) is 16.9 Å². The molecule has 0 bridgehead atoms. The van der Waals surface area contributed by atoms with Gasteiger partial charge >= 0.3 is 11.6 Å². The van der Waals surface area contributed by atoms with Crippen molar-refractivity contribution >= 4 is 34.6 Å². The van der Waals surface area contributed by atoms with Gasteiger partial charge in [0.25, 0.3) is 5.71 Å². The van der Waals surface area contributed by atoms with E-state index in [0.717, 1.165) is 11.1 Å². The lowest BCUT2D eigenvalue weighted by molar-refractivity contribution is 0.0517. The first-order valence-corrected chi connectivity index (χ1v) is 8.37. The van der Waals surface area contributed by atoms with Crippen molar-refractivity contribution in [3.05, 3.63) is 39.4 Å². The highest BCUT2D eigenvalue weighted by molar-refractivity contribution is 7.98. The lowest BCUT2D eigenvalue weighted by Gasteiger charge is -2.07. The molecule has 120 valence electrons. The second-order valence-corrected chi connectivity index (χ2v) is 5.99. The van der Waals surface area contributed by atoms with Gasteiger partial charge in [0.2, 0.25) is 0 Å². The molecule has 6 nitrogen and oxygen atoms in total. The lowest BCUT2D eigenvalue weighted by atomic mass is 10.2. The number of ether oxygens (including phenoxy) is 1. The predicted molar refractivity (Wildman–Crippen MR) is 88.4 cm³/mol. The zero-order chi connectivity index (χ0) is 16.7. The molecule has 0 unspecified atom stereocenters. The molecule has 0 aliphatic rings. The highest BCUT2D eigenvalue weighted by Crippen LogP contribution is 2.30. The summed E-state index contributed by atoms with van der Waals surface area (Å²) in [5.41, 5.74) is 2.75. The fourth-order valence-corrected chi connectivity index (χ4v) is 3.42. The van der Waals surface area contributed by atoms with E-state index in [1.54, 1.807) is 13.2 Å². The van der Waals surface area contributed by atoms with Crippen LogP contribution in [-0.4, -0.2) is 28.2 Å². The Morgan fingerprint density at radius 3 is 2.83 bits per heavy atom. The number of hydrogen-bond donors (Lipinski definition) is 0. The molecule has 0 N–H and O–H groups in total. The maximum atomic E-state index is 12.2. The van der Waals surface area contributed by atoms with Gasteiger partial charge in [-0.2, -0.15) is 4.98 Å². The summed E-state index contributed by atoms with van der Waals surface area (Å²) in [5.74, 6) is -0.674. The molecule has 0 saturated carbocycles. The Morgan fingerprint density at radius 1 is 1.43 bits per heavy atom. The Bertz CT molecular complexity index is 987. The van der Waals surface area contributed by atoms with Crippen molar-refractivity contribution < 1.29 is 13.9 Å². The number of fused-ring (bicyclic) bond motifs is 3. The summed E-state index contributed by atoms with van der Waals surface area (Å²) in [6.45, 7) is 5.80. The van der Waals surface area contributed by atoms with Gasteiger partial charge in [-0.25, -0.2) is 9.59 Å². The third-order valence-corrected chi connectivity index (χ3v) is 4.33. The summed E-state index contributed by atoms with van der Waals surface area (Å²) in [5, 5.41) is 0. The number of aryl methyl sites for hydroxylation is 2. The Hall–Kier alpha value is -2.28. The number of pyridine rings is 1. The highest BCUT2D eigenvalue weighted by atomic mass is 32.2. The number of thioether (sulfide) groups is 1. The summed E-state index contributed by atoms with van der Waals surface area (Å²) < 4.78 is 12.1. The molecule has 0 saturated heterocycles. The van der Waals surface area contributed by atoms with Gasteiger partial charge in [-0.1, -0.05) is 6.07 Å². The van der Waals surface area contributed by atoms with Gasteiger partial charge < -0.3 is 9.15 Å². The molecule has 7 heteroatoms. The van der Waals surface area contributed by atoms with E-state index in [1.165, 1.54) is 11.8 Å². The zero-order valence-electron chi connectivity index (χ0n) is 13.3. The second-order valence-electron chi connectivity index (χ2n) is 5.18. The Morgan fingerprint density at radius 2 is 2.17 bits per heavy atom. The Kier molecular flexibility index (Phi) is 3.89. The number of imidazole rings is 1. The smallest absolute Gasteiger partial charge is 0.353 e. The summed E-state index contributed by atoms with van der Waals surface area (Å²) in [4.78, 5) is 29.3. The quantitative estimate of drug-likeness (QED) is 0.542. The summed E-state index contributed by atoms with van der Waals surface area (Å²) in [6, 6.07) is 2.00. The Labute approximate surface area is 136 Å². The van der Waals surface area contributed by atoms with E-state index in [2.05, 4.69) is 4.98 Å². The molecule has 3 rings (SSSR count). The van der Waals surface area contributed by atoms with Crippen LogP contribution in [0.15, 0.2) is 26.4 Å². The van der Waals surface area contributed by atoms with Gasteiger partial charge in [-0.15, -0.1) is 11.8 Å². The van der Waals surface area contributed by atoms with Crippen LogP contribution in [0, 0.1) is 13.8 Å². The SMILES string of the molecule is CCOC(=O)c1c(SC)c2c(nc3c(C)cc(C)cn32)oc1=O. The number of aromatic nitrogens is 2. The van der Waals surface area contributed by atoms with Crippen LogP contribution in [0.4, 0.5) is 0 Å². The minimum absolute atomic E-state index is 0.0761. The number of esters is 1. The van der Waals surface area contributed by atoms with Crippen molar-refractivity contribution in [2.75, 3.05) is 12.9 Å². The van der Waals surface area contributed by atoms with Crippen LogP contribution in [0.2, 0.25) is 0 Å². The average Bonchev–Trinajstić information content (AvgIpc) is 2.84. The molecule has 0 radical (unpaired) electrons. The predicted octanol–water partition coefficient (Wildman–Crippen LogP) is 2.96. The largest absolute Gasteiger partial charge is 0.462 e. The molecule has 0 aliphatic carbocycles. The highest BCUT2D eigenvalue weighted by Gasteiger charge is 2.25. The molecule has 3 aromatic heterocycles. The number of nitrogens with zero attached hydrogens (tertiary/aromatic N) is 2. The van der Waals surface area contributed by atoms with Crippen LogP contribution < -0.4 is 5.63 Å². The van der Waals surface area contributed by atoms with Gasteiger partial charge in [0.15, 0.2) is 5.56 Å². The minimum Gasteiger partial charge on any atom is -0.462 e. The average molecular weight is 332 g/mol. The zero-order valence-corrected chi connectivity index (χ0v) is 14.1. The van der Waals surface area contributed by atoms with Crippen molar-refractivity contribution in [3.8, 4) is 0 Å². The molecule has 0 fully saturated rings. The van der Waals surface area contributed by atoms with E-state index in [4.69, 9.17) is 9.15 Å². The van der Waals surface area contributed by atoms with Gasteiger partial charge in [-0.05, 0) is 38.2 Å². The fraction of sp³-hybridized carbons (Fsp3) is 0.312. The third kappa shape index (κ3) is 2.41. The number of carbonyl (C=O) groups excluding carboxylic acids is 1. The lowest BCUT2D eigenvalue weighted by Crippen LogP contribution is -2.18. The number of carbonyl (C=O) groups is 1. The van der Waals surface area contributed by atoms with E-state index in [-0.39, 0.29) is 17.9 Å². The molecule has 0 amide bonds. The van der Waals surface area contributed by atoms with Gasteiger partial charge in [0.1, 0.15) is 11.2 Å². The molecule has 0 aromatic carbocycles. The van der Waals surface area contributed by atoms with Crippen molar-refractivity contribution in [1.29, 1.82) is 0 Å². The molecular formula is C16H16N2O4S. The summed E-state index contributed by atoms with van der Waals surface area (Å²) in [7, 11) is 0. The fourth-order valence-electron chi connectivity index (χ4n) is 2.67. The summed E-state index contributed by atoms with van der Waals surface area (Å²) >= 11 is 1.30. The topological polar surface area (TPSA) is 73.8 Å². The van der Waals surface area contributed by atoms with Crippen LogP contribution in [-0.2, 0) is 4.74 Å². The minimum atomic E-state index is -0.724. The Balaban J connectivity index is 2.48. The van der Waals surface area contributed by atoms with Crippen LogP contribution >= 0.6 is 11.8 Å². The van der Waals surface area contributed by atoms with Gasteiger partial charge in [0, 0.05) is 6.20 Å². The van der Waals surface area contributed by atoms with Crippen molar-refractivity contribution in [2.24, 2.45) is 0 Å². The summed E-state index contributed by atoms with van der Waals surface area (Å²) in [6.07, 6.45) is 3.71. The van der Waals surface area contributed by atoms with Gasteiger partial charge in [-0.3, -0.25) is 4.40 Å². The normalized spacial score (nSPS) is 11.3. The first-order chi connectivity index (χ1) is 11.0. The molecule has 3 heterocycles. The van der Waals surface area contributed by atoms with E-state index < -0.39 is 11.6 Å². The van der Waals surface area contributed by atoms with E-state index in [0.29, 0.717) is 16.1 Å². The van der Waals surface area contributed by atoms with Crippen molar-refractivity contribution in [1.82, 2.24) is 9.38 Å². The maximum absolute atomic E-state index is 12.2. The third-order valence-electron chi connectivity index (χ3n) is 3.53. The second kappa shape index (κ2) is 5.73. The molecule has 23 heavy (non-hydrogen) atoms. The van der Waals surface area contributed by atoms with Crippen LogP contribution in [0.3, 0.4) is 0 Å². The standard InChI is InChI=1S/C16H16N2O4S/c1-5-21-15(19)10-12(23-4)11-14(22-16(10)20)17-13-9(3)6-8(2)7-18(11)13/h6-7H,5H2,1-4H3. The van der Waals surface area contributed by atoms with Crippen LogP contribution in [0.5, 0.6) is 0 Å². The maximum Gasteiger partial charge on any atom is 0.353 e. The van der Waals surface area contributed by atoms with Crippen molar-refractivity contribution in [3.63, 3.8) is 0 Å². The molecule has 0 spiro atoms. The number of hydrogen-bond acceptors (Lipinski definition) is 6. The molecular weight excluding hydrogens is 316 g/mol. The van der Waals surface area contributed by atoms with E-state index in [1.807, 2.05) is 30.5 Å². The van der Waals surface area contributed by atoms with Crippen molar-refractivity contribution in [2.45, 2.75) is 25.7 Å². The molecule has 0 atom stereocenters. The van der Waals surface area contributed by atoms with Crippen LogP contribution in [0.1, 0.15) is 28.4 Å². The number of rotatable bonds is 3. The monoisotopic (exact) mass is 332 g/mol. The van der Waals surface area contributed by atoms with E-state index >= 15 is 0 Å². The van der Waals surface area contributed by atoms with Gasteiger partial charge in [0.05, 0.1) is 11.5 Å². The first-order valence-electron chi connectivity index (χ1n) is 7.15. The first kappa shape index (κ1) is 15.6. The molecule has 3 aromatic rings.